The number of β-amino-alcohol motifs (C(OH)–C–C–N with tert-alkyl or cyclic N) is 1. The van der Waals surface area contributed by atoms with E-state index in [4.69, 9.17) is 5.11 Å². The van der Waals surface area contributed by atoms with E-state index < -0.39 is 0 Å². The molecule has 0 unspecified atom stereocenters. The van der Waals surface area contributed by atoms with Crippen molar-refractivity contribution in [2.75, 3.05) is 25.0 Å². The highest BCUT2D eigenvalue weighted by Crippen LogP contribution is 2.14. The molecule has 2 rings (SSSR count). The molecule has 0 bridgehead atoms. The van der Waals surface area contributed by atoms with Gasteiger partial charge >= 0.3 is 0 Å². The first-order valence-corrected chi connectivity index (χ1v) is 5.51. The third-order valence-electron chi connectivity index (χ3n) is 2.76. The first-order chi connectivity index (χ1) is 8.04. The van der Waals surface area contributed by atoms with Gasteiger partial charge in [0.15, 0.2) is 0 Å². The molecule has 17 heavy (non-hydrogen) atoms. The molecule has 0 atom stereocenters. The average Bonchev–Trinajstić information content (AvgIpc) is 2.21. The van der Waals surface area contributed by atoms with Crippen molar-refractivity contribution in [2.24, 2.45) is 0 Å². The zero-order valence-corrected chi connectivity index (χ0v) is 9.61. The van der Waals surface area contributed by atoms with Gasteiger partial charge in [0.2, 0.25) is 5.91 Å². The van der Waals surface area contributed by atoms with Crippen molar-refractivity contribution < 1.29 is 14.3 Å². The summed E-state index contributed by atoms with van der Waals surface area (Å²) in [7, 11) is 0. The molecule has 1 aliphatic heterocycles. The summed E-state index contributed by atoms with van der Waals surface area (Å²) in [5, 5.41) is 11.7. The zero-order chi connectivity index (χ0) is 12.4. The lowest BCUT2D eigenvalue weighted by molar-refractivity contribution is -0.119. The van der Waals surface area contributed by atoms with Crippen LogP contribution < -0.4 is 5.32 Å². The van der Waals surface area contributed by atoms with E-state index in [2.05, 4.69) is 5.32 Å². The Hall–Kier alpha value is -1.46. The highest BCUT2D eigenvalue weighted by molar-refractivity contribution is 5.92. The van der Waals surface area contributed by atoms with Crippen LogP contribution in [0.2, 0.25) is 0 Å². The van der Waals surface area contributed by atoms with E-state index in [-0.39, 0.29) is 24.4 Å². The Bertz CT molecular complexity index is 431. The van der Waals surface area contributed by atoms with Crippen LogP contribution in [0, 0.1) is 12.7 Å². The summed E-state index contributed by atoms with van der Waals surface area (Å²) in [4.78, 5) is 13.4. The number of nitrogens with one attached hydrogen (secondary N) is 1. The van der Waals surface area contributed by atoms with Crippen LogP contribution in [-0.2, 0) is 4.79 Å². The first-order valence-electron chi connectivity index (χ1n) is 5.51. The molecule has 4 nitrogen and oxygen atoms in total. The van der Waals surface area contributed by atoms with E-state index >= 15 is 0 Å². The molecule has 1 amide bonds. The number of amides is 1. The van der Waals surface area contributed by atoms with Gasteiger partial charge in [-0.25, -0.2) is 4.39 Å². The van der Waals surface area contributed by atoms with Gasteiger partial charge in [-0.3, -0.25) is 9.69 Å². The van der Waals surface area contributed by atoms with Crippen LogP contribution in [0.15, 0.2) is 18.2 Å². The van der Waals surface area contributed by atoms with E-state index in [1.807, 2.05) is 4.90 Å². The van der Waals surface area contributed by atoms with E-state index in [1.165, 1.54) is 6.07 Å². The lowest BCUT2D eigenvalue weighted by atomic mass is 10.1. The molecule has 1 heterocycles. The maximum Gasteiger partial charge on any atom is 0.238 e. The van der Waals surface area contributed by atoms with Gasteiger partial charge in [0.1, 0.15) is 5.82 Å². The van der Waals surface area contributed by atoms with Crippen LogP contribution in [-0.4, -0.2) is 41.7 Å². The van der Waals surface area contributed by atoms with Gasteiger partial charge in [-0.05, 0) is 24.6 Å². The molecule has 1 aromatic rings. The number of anilines is 1. The molecule has 5 heteroatoms. The van der Waals surface area contributed by atoms with Crippen LogP contribution in [0.3, 0.4) is 0 Å². The molecule has 0 spiro atoms. The Morgan fingerprint density at radius 1 is 1.59 bits per heavy atom. The fraction of sp³-hybridized carbons (Fsp3) is 0.417. The average molecular weight is 238 g/mol. The third kappa shape index (κ3) is 3.01. The monoisotopic (exact) mass is 238 g/mol. The van der Waals surface area contributed by atoms with E-state index in [9.17, 15) is 9.18 Å². The second-order valence-corrected chi connectivity index (χ2v) is 4.36. The van der Waals surface area contributed by atoms with E-state index in [0.29, 0.717) is 24.3 Å². The van der Waals surface area contributed by atoms with Gasteiger partial charge in [-0.15, -0.1) is 0 Å². The Morgan fingerprint density at radius 2 is 2.29 bits per heavy atom. The molecular weight excluding hydrogens is 223 g/mol. The number of nitrogens with zero attached hydrogens (tertiary/aromatic N) is 1. The summed E-state index contributed by atoms with van der Waals surface area (Å²) in [6, 6.07) is 4.60. The topological polar surface area (TPSA) is 52.6 Å². The molecule has 1 fully saturated rings. The number of likely N-dealkylation sites (tertiary alicyclic amines) is 1. The summed E-state index contributed by atoms with van der Waals surface area (Å²) in [6.07, 6.45) is -0.320. The number of aliphatic hydroxyl groups is 1. The summed E-state index contributed by atoms with van der Waals surface area (Å²) >= 11 is 0. The number of hydrogen-bond donors (Lipinski definition) is 2. The highest BCUT2D eigenvalue weighted by Gasteiger charge is 2.25. The summed E-state index contributed by atoms with van der Waals surface area (Å²) < 4.78 is 13.2. The molecule has 92 valence electrons. The molecule has 0 aromatic heterocycles. The largest absolute Gasteiger partial charge is 0.390 e. The molecule has 1 saturated heterocycles. The Labute approximate surface area is 99.0 Å². The molecule has 0 saturated carbocycles. The van der Waals surface area contributed by atoms with Gasteiger partial charge in [-0.1, -0.05) is 6.07 Å². The lowest BCUT2D eigenvalue weighted by Crippen LogP contribution is -2.53. The van der Waals surface area contributed by atoms with Crippen LogP contribution in [0.4, 0.5) is 10.1 Å². The maximum absolute atomic E-state index is 13.2. The quantitative estimate of drug-likeness (QED) is 0.817. The Morgan fingerprint density at radius 3 is 2.88 bits per heavy atom. The Balaban J connectivity index is 1.87. The second kappa shape index (κ2) is 4.81. The van der Waals surface area contributed by atoms with Gasteiger partial charge in [0, 0.05) is 18.8 Å². The van der Waals surface area contributed by atoms with Crippen LogP contribution in [0.5, 0.6) is 0 Å². The zero-order valence-electron chi connectivity index (χ0n) is 9.61. The van der Waals surface area contributed by atoms with E-state index in [0.717, 1.165) is 0 Å². The van der Waals surface area contributed by atoms with Crippen molar-refractivity contribution in [3.63, 3.8) is 0 Å². The van der Waals surface area contributed by atoms with Gasteiger partial charge in [0.05, 0.1) is 12.6 Å². The number of aryl methyl sites for hydroxylation is 1. The third-order valence-corrected chi connectivity index (χ3v) is 2.76. The SMILES string of the molecule is Cc1ccc(NC(=O)CN2CC(O)C2)cc1F. The van der Waals surface area contributed by atoms with Crippen molar-refractivity contribution in [3.8, 4) is 0 Å². The molecule has 0 aliphatic carbocycles. The van der Waals surface area contributed by atoms with Crippen molar-refractivity contribution in [1.29, 1.82) is 0 Å². The fourth-order valence-electron chi connectivity index (χ4n) is 1.75. The molecule has 0 radical (unpaired) electrons. The summed E-state index contributed by atoms with van der Waals surface area (Å²) in [6.45, 7) is 2.94. The second-order valence-electron chi connectivity index (χ2n) is 4.36. The standard InChI is InChI=1S/C12H15FN2O2/c1-8-2-3-9(4-11(8)13)14-12(17)7-15-5-10(16)6-15/h2-4,10,16H,5-7H2,1H3,(H,14,17). The summed E-state index contributed by atoms with van der Waals surface area (Å²) in [5.41, 5.74) is 1.01. The number of carbonyl (C=O) groups is 1. The Kier molecular flexibility index (Phi) is 3.40. The number of hydrogen-bond acceptors (Lipinski definition) is 3. The predicted molar refractivity (Wildman–Crippen MR) is 62.2 cm³/mol. The minimum Gasteiger partial charge on any atom is -0.390 e. The molecule has 1 aromatic carbocycles. The smallest absolute Gasteiger partial charge is 0.238 e. The minimum atomic E-state index is -0.331. The molecular formula is C12H15FN2O2. The van der Waals surface area contributed by atoms with Crippen molar-refractivity contribution in [3.05, 3.63) is 29.6 Å². The predicted octanol–water partition coefficient (Wildman–Crippen LogP) is 0.749. The summed E-state index contributed by atoms with van der Waals surface area (Å²) in [5.74, 6) is -0.526. The van der Waals surface area contributed by atoms with Crippen molar-refractivity contribution in [1.82, 2.24) is 4.90 Å². The van der Waals surface area contributed by atoms with E-state index in [1.54, 1.807) is 19.1 Å². The maximum atomic E-state index is 13.2. The van der Waals surface area contributed by atoms with Crippen LogP contribution >= 0.6 is 0 Å². The minimum absolute atomic E-state index is 0.194. The molecule has 1 aliphatic rings. The first kappa shape index (κ1) is 12.0. The number of carbonyl (C=O) groups excluding carboxylic acids is 1. The van der Waals surface area contributed by atoms with Gasteiger partial charge in [0.25, 0.3) is 0 Å². The highest BCUT2D eigenvalue weighted by atomic mass is 19.1. The van der Waals surface area contributed by atoms with Crippen molar-refractivity contribution in [2.45, 2.75) is 13.0 Å². The normalized spacial score (nSPS) is 16.6. The van der Waals surface area contributed by atoms with Crippen LogP contribution in [0.1, 0.15) is 5.56 Å². The number of halogens is 1. The van der Waals surface area contributed by atoms with Gasteiger partial charge < -0.3 is 10.4 Å². The molecule has 2 N–H and O–H groups in total. The van der Waals surface area contributed by atoms with Crippen molar-refractivity contribution >= 4 is 11.6 Å². The number of benzene rings is 1. The number of aliphatic hydroxyl groups excluding tert-OH is 1. The fourth-order valence-corrected chi connectivity index (χ4v) is 1.75. The van der Waals surface area contributed by atoms with Crippen LogP contribution in [0.25, 0.3) is 0 Å². The number of rotatable bonds is 3. The van der Waals surface area contributed by atoms with Gasteiger partial charge in [-0.2, -0.15) is 0 Å². The lowest BCUT2D eigenvalue weighted by Gasteiger charge is -2.34.